The third-order valence-corrected chi connectivity index (χ3v) is 3.24. The SMILES string of the molecule is CC(=O)CNC(CCC(=O)Nc1nc(C)ns1)C(C)=O. The molecular formula is C12H18N4O3S. The average Bonchev–Trinajstić information content (AvgIpc) is 2.73. The molecule has 1 aromatic heterocycles. The molecule has 0 fully saturated rings. The summed E-state index contributed by atoms with van der Waals surface area (Å²) in [5.74, 6) is 0.239. The molecule has 0 aliphatic rings. The highest BCUT2D eigenvalue weighted by atomic mass is 32.1. The van der Waals surface area contributed by atoms with Gasteiger partial charge in [-0.05, 0) is 27.2 Å². The van der Waals surface area contributed by atoms with E-state index in [1.54, 1.807) is 6.92 Å². The number of hydrogen-bond acceptors (Lipinski definition) is 7. The van der Waals surface area contributed by atoms with E-state index in [-0.39, 0.29) is 30.4 Å². The number of hydrogen-bond donors (Lipinski definition) is 2. The van der Waals surface area contributed by atoms with Crippen molar-refractivity contribution < 1.29 is 14.4 Å². The number of nitrogens with one attached hydrogen (secondary N) is 2. The Hall–Kier alpha value is -1.67. The normalized spacial score (nSPS) is 11.9. The lowest BCUT2D eigenvalue weighted by molar-refractivity contribution is -0.120. The highest BCUT2D eigenvalue weighted by Crippen LogP contribution is 2.11. The topological polar surface area (TPSA) is 101 Å². The number of Topliss-reactive ketones (excluding diaryl/α,β-unsaturated/α-hetero) is 2. The van der Waals surface area contributed by atoms with E-state index in [1.165, 1.54) is 13.8 Å². The van der Waals surface area contributed by atoms with Gasteiger partial charge in [-0.2, -0.15) is 4.37 Å². The number of carbonyl (C=O) groups is 3. The first-order valence-electron chi connectivity index (χ1n) is 6.22. The fourth-order valence-corrected chi connectivity index (χ4v) is 2.11. The Kier molecular flexibility index (Phi) is 6.40. The summed E-state index contributed by atoms with van der Waals surface area (Å²) >= 11 is 1.11. The maximum Gasteiger partial charge on any atom is 0.226 e. The lowest BCUT2D eigenvalue weighted by Crippen LogP contribution is -2.38. The molecule has 1 aromatic rings. The van der Waals surface area contributed by atoms with E-state index in [0.717, 1.165) is 11.5 Å². The summed E-state index contributed by atoms with van der Waals surface area (Å²) in [6.45, 7) is 4.74. The molecule has 1 heterocycles. The largest absolute Gasteiger partial charge is 0.301 e. The van der Waals surface area contributed by atoms with Crippen molar-refractivity contribution >= 4 is 34.1 Å². The smallest absolute Gasteiger partial charge is 0.226 e. The molecule has 0 spiro atoms. The summed E-state index contributed by atoms with van der Waals surface area (Å²) in [6.07, 6.45) is 0.514. The highest BCUT2D eigenvalue weighted by molar-refractivity contribution is 7.09. The zero-order chi connectivity index (χ0) is 15.1. The quantitative estimate of drug-likeness (QED) is 0.732. The van der Waals surface area contributed by atoms with Gasteiger partial charge in [0, 0.05) is 18.0 Å². The lowest BCUT2D eigenvalue weighted by Gasteiger charge is -2.14. The number of ketones is 2. The molecule has 8 heteroatoms. The molecule has 20 heavy (non-hydrogen) atoms. The van der Waals surface area contributed by atoms with Crippen LogP contribution in [0.5, 0.6) is 0 Å². The molecule has 1 unspecified atom stereocenters. The first kappa shape index (κ1) is 16.4. The van der Waals surface area contributed by atoms with Crippen molar-refractivity contribution in [2.75, 3.05) is 11.9 Å². The minimum absolute atomic E-state index is 0.0509. The van der Waals surface area contributed by atoms with Gasteiger partial charge in [0.1, 0.15) is 17.4 Å². The number of carbonyl (C=O) groups excluding carboxylic acids is 3. The van der Waals surface area contributed by atoms with E-state index < -0.39 is 6.04 Å². The van der Waals surface area contributed by atoms with Crippen LogP contribution in [0.25, 0.3) is 0 Å². The van der Waals surface area contributed by atoms with E-state index in [4.69, 9.17) is 0 Å². The Labute approximate surface area is 121 Å². The Morgan fingerprint density at radius 2 is 2.00 bits per heavy atom. The molecule has 1 atom stereocenters. The molecule has 0 bridgehead atoms. The number of aromatic nitrogens is 2. The van der Waals surface area contributed by atoms with Crippen molar-refractivity contribution in [3.63, 3.8) is 0 Å². The van der Waals surface area contributed by atoms with Crippen molar-refractivity contribution in [2.24, 2.45) is 0 Å². The van der Waals surface area contributed by atoms with Crippen molar-refractivity contribution in [1.29, 1.82) is 0 Å². The van der Waals surface area contributed by atoms with E-state index in [0.29, 0.717) is 17.4 Å². The fraction of sp³-hybridized carbons (Fsp3) is 0.583. The van der Waals surface area contributed by atoms with E-state index in [1.807, 2.05) is 0 Å². The summed E-state index contributed by atoms with van der Waals surface area (Å²) in [7, 11) is 0. The predicted octanol–water partition coefficient (Wildman–Crippen LogP) is 0.701. The molecule has 0 saturated heterocycles. The molecule has 110 valence electrons. The van der Waals surface area contributed by atoms with E-state index >= 15 is 0 Å². The second-order valence-electron chi connectivity index (χ2n) is 4.48. The van der Waals surface area contributed by atoms with Crippen LogP contribution in [0.15, 0.2) is 0 Å². The Bertz CT molecular complexity index is 501. The maximum atomic E-state index is 11.7. The van der Waals surface area contributed by atoms with Gasteiger partial charge in [0.05, 0.1) is 12.6 Å². The van der Waals surface area contributed by atoms with Crippen LogP contribution in [-0.4, -0.2) is 39.4 Å². The van der Waals surface area contributed by atoms with E-state index in [9.17, 15) is 14.4 Å². The monoisotopic (exact) mass is 298 g/mol. The predicted molar refractivity (Wildman–Crippen MR) is 75.7 cm³/mol. The molecule has 1 amide bonds. The number of amides is 1. The minimum Gasteiger partial charge on any atom is -0.301 e. The van der Waals surface area contributed by atoms with Crippen LogP contribution < -0.4 is 10.6 Å². The summed E-state index contributed by atoms with van der Waals surface area (Å²) in [4.78, 5) is 38.0. The van der Waals surface area contributed by atoms with Gasteiger partial charge in [0.15, 0.2) is 0 Å². The van der Waals surface area contributed by atoms with Gasteiger partial charge in [-0.1, -0.05) is 0 Å². The number of anilines is 1. The maximum absolute atomic E-state index is 11.7. The van der Waals surface area contributed by atoms with Crippen LogP contribution in [0.2, 0.25) is 0 Å². The van der Waals surface area contributed by atoms with Gasteiger partial charge in [-0.3, -0.25) is 14.4 Å². The second kappa shape index (κ2) is 7.81. The van der Waals surface area contributed by atoms with Gasteiger partial charge in [0.2, 0.25) is 11.0 Å². The standard InChI is InChI=1S/C12H18N4O3S/c1-7(17)6-13-10(8(2)18)4-5-11(19)15-12-14-9(3)16-20-12/h10,13H,4-6H2,1-3H3,(H,14,15,16,19). The third-order valence-electron chi connectivity index (χ3n) is 2.52. The van der Waals surface area contributed by atoms with Gasteiger partial charge in [-0.25, -0.2) is 4.98 Å². The zero-order valence-corrected chi connectivity index (χ0v) is 12.5. The van der Waals surface area contributed by atoms with Gasteiger partial charge in [-0.15, -0.1) is 0 Å². The van der Waals surface area contributed by atoms with Gasteiger partial charge < -0.3 is 10.6 Å². The van der Waals surface area contributed by atoms with Gasteiger partial charge in [0.25, 0.3) is 0 Å². The molecule has 0 aliphatic heterocycles. The minimum atomic E-state index is -0.485. The fourth-order valence-electron chi connectivity index (χ4n) is 1.52. The molecule has 2 N–H and O–H groups in total. The van der Waals surface area contributed by atoms with Gasteiger partial charge >= 0.3 is 0 Å². The third kappa shape index (κ3) is 5.98. The molecule has 1 rings (SSSR count). The van der Waals surface area contributed by atoms with Crippen LogP contribution in [0.4, 0.5) is 5.13 Å². The van der Waals surface area contributed by atoms with Crippen molar-refractivity contribution in [3.8, 4) is 0 Å². The highest BCUT2D eigenvalue weighted by Gasteiger charge is 2.16. The van der Waals surface area contributed by atoms with Crippen LogP contribution >= 0.6 is 11.5 Å². The van der Waals surface area contributed by atoms with E-state index in [2.05, 4.69) is 20.0 Å². The molecule has 7 nitrogen and oxygen atoms in total. The van der Waals surface area contributed by atoms with Crippen LogP contribution in [0.3, 0.4) is 0 Å². The Morgan fingerprint density at radius 1 is 1.30 bits per heavy atom. The lowest BCUT2D eigenvalue weighted by atomic mass is 10.1. The number of aryl methyl sites for hydroxylation is 1. The molecule has 0 aromatic carbocycles. The summed E-state index contributed by atoms with van der Waals surface area (Å²) < 4.78 is 3.95. The molecule has 0 radical (unpaired) electrons. The second-order valence-corrected chi connectivity index (χ2v) is 5.23. The van der Waals surface area contributed by atoms with Crippen molar-refractivity contribution in [1.82, 2.24) is 14.7 Å². The molecular weight excluding hydrogens is 280 g/mol. The first-order valence-corrected chi connectivity index (χ1v) is 6.99. The summed E-state index contributed by atoms with van der Waals surface area (Å²) in [6, 6.07) is -0.485. The van der Waals surface area contributed by atoms with Crippen molar-refractivity contribution in [3.05, 3.63) is 5.82 Å². The number of nitrogens with zero attached hydrogens (tertiary/aromatic N) is 2. The van der Waals surface area contributed by atoms with Crippen molar-refractivity contribution in [2.45, 2.75) is 39.7 Å². The van der Waals surface area contributed by atoms with Crippen LogP contribution in [0, 0.1) is 6.92 Å². The average molecular weight is 298 g/mol. The summed E-state index contributed by atoms with van der Waals surface area (Å²) in [5, 5.41) is 5.91. The Balaban J connectivity index is 2.40. The van der Waals surface area contributed by atoms with Crippen LogP contribution in [-0.2, 0) is 14.4 Å². The molecule has 0 aliphatic carbocycles. The zero-order valence-electron chi connectivity index (χ0n) is 11.7. The molecule has 0 saturated carbocycles. The number of rotatable bonds is 8. The van der Waals surface area contributed by atoms with Crippen LogP contribution in [0.1, 0.15) is 32.5 Å². The Morgan fingerprint density at radius 3 is 2.50 bits per heavy atom. The first-order chi connectivity index (χ1) is 9.38. The summed E-state index contributed by atoms with van der Waals surface area (Å²) in [5.41, 5.74) is 0.